The van der Waals surface area contributed by atoms with Crippen LogP contribution < -0.4 is 0 Å². The molecule has 1 aromatic carbocycles. The van der Waals surface area contributed by atoms with Crippen LogP contribution in [0.3, 0.4) is 0 Å². The van der Waals surface area contributed by atoms with Crippen molar-refractivity contribution in [3.05, 3.63) is 35.6 Å². The van der Waals surface area contributed by atoms with E-state index in [0.29, 0.717) is 11.1 Å². The van der Waals surface area contributed by atoms with E-state index in [9.17, 15) is 8.42 Å². The van der Waals surface area contributed by atoms with Crippen LogP contribution in [-0.4, -0.2) is 8.42 Å². The molecule has 0 aliphatic carbocycles. The van der Waals surface area contributed by atoms with Gasteiger partial charge in [0, 0.05) is 16.1 Å². The Morgan fingerprint density at radius 1 is 1.40 bits per heavy atom. The molecule has 0 N–H and O–H groups in total. The summed E-state index contributed by atoms with van der Waals surface area (Å²) in [7, 11) is 1.70. The number of furan rings is 1. The van der Waals surface area contributed by atoms with Crippen molar-refractivity contribution in [2.75, 3.05) is 0 Å². The van der Waals surface area contributed by atoms with Gasteiger partial charge in [0.25, 0.3) is 0 Å². The second-order valence-corrected chi connectivity index (χ2v) is 6.17. The zero-order chi connectivity index (χ0) is 11.1. The van der Waals surface area contributed by atoms with Gasteiger partial charge in [-0.15, -0.1) is 0 Å². The molecule has 0 saturated heterocycles. The predicted molar refractivity (Wildman–Crippen MR) is 59.4 cm³/mol. The number of fused-ring (bicyclic) bond motifs is 1. The summed E-state index contributed by atoms with van der Waals surface area (Å²) in [5.74, 6) is -0.174. The van der Waals surface area contributed by atoms with E-state index in [1.54, 1.807) is 24.5 Å². The molecule has 1 heterocycles. The fourth-order valence-corrected chi connectivity index (χ4v) is 2.60. The quantitative estimate of drug-likeness (QED) is 0.764. The average molecular weight is 245 g/mol. The lowest BCUT2D eigenvalue weighted by molar-refractivity contribution is 0.609. The van der Waals surface area contributed by atoms with Gasteiger partial charge in [-0.25, -0.2) is 8.42 Å². The van der Waals surface area contributed by atoms with Gasteiger partial charge in [-0.3, -0.25) is 0 Å². The van der Waals surface area contributed by atoms with E-state index in [4.69, 9.17) is 15.1 Å². The molecule has 80 valence electrons. The maximum atomic E-state index is 11.0. The fourth-order valence-electron chi connectivity index (χ4n) is 1.64. The van der Waals surface area contributed by atoms with Crippen LogP contribution in [0.25, 0.3) is 11.0 Å². The molecule has 0 radical (unpaired) electrons. The molecule has 0 bridgehead atoms. The summed E-state index contributed by atoms with van der Waals surface area (Å²) in [5, 5.41) is 0.835. The van der Waals surface area contributed by atoms with Gasteiger partial charge in [0.2, 0.25) is 9.05 Å². The molecule has 5 heteroatoms. The third-order valence-electron chi connectivity index (χ3n) is 2.20. The first-order valence-corrected chi connectivity index (χ1v) is 6.83. The van der Waals surface area contributed by atoms with Gasteiger partial charge in [-0.05, 0) is 24.1 Å². The maximum absolute atomic E-state index is 11.0. The van der Waals surface area contributed by atoms with Crippen LogP contribution >= 0.6 is 10.7 Å². The summed E-state index contributed by atoms with van der Waals surface area (Å²) in [5.41, 5.74) is 2.28. The minimum absolute atomic E-state index is 0.174. The standard InChI is InChI=1S/C10H9ClO3S/c1-7-5-14-9-4-2-3-8(10(7)9)6-15(11,12)13/h2-5H,6H2,1H3. The van der Waals surface area contributed by atoms with Crippen molar-refractivity contribution in [2.24, 2.45) is 0 Å². The van der Waals surface area contributed by atoms with Crippen LogP contribution in [0.5, 0.6) is 0 Å². The molecule has 2 rings (SSSR count). The Balaban J connectivity index is 2.65. The van der Waals surface area contributed by atoms with Crippen molar-refractivity contribution in [1.29, 1.82) is 0 Å². The van der Waals surface area contributed by atoms with Crippen LogP contribution in [0.4, 0.5) is 0 Å². The molecule has 3 nitrogen and oxygen atoms in total. The Morgan fingerprint density at radius 2 is 2.13 bits per heavy atom. The molecule has 15 heavy (non-hydrogen) atoms. The first-order valence-electron chi connectivity index (χ1n) is 4.35. The van der Waals surface area contributed by atoms with Crippen molar-refractivity contribution in [3.63, 3.8) is 0 Å². The summed E-state index contributed by atoms with van der Waals surface area (Å²) >= 11 is 0. The zero-order valence-electron chi connectivity index (χ0n) is 8.03. The Kier molecular flexibility index (Phi) is 2.48. The second-order valence-electron chi connectivity index (χ2n) is 3.39. The number of halogens is 1. The Labute approximate surface area is 92.1 Å². The monoisotopic (exact) mass is 244 g/mol. The third kappa shape index (κ3) is 2.16. The highest BCUT2D eigenvalue weighted by Gasteiger charge is 2.13. The molecule has 2 aromatic rings. The number of hydrogen-bond donors (Lipinski definition) is 0. The average Bonchev–Trinajstić information content (AvgIpc) is 2.46. The zero-order valence-corrected chi connectivity index (χ0v) is 9.60. The van der Waals surface area contributed by atoms with E-state index >= 15 is 0 Å². The molecule has 0 atom stereocenters. The lowest BCUT2D eigenvalue weighted by Crippen LogP contribution is -1.95. The first kappa shape index (κ1) is 10.5. The third-order valence-corrected chi connectivity index (χ3v) is 3.18. The van der Waals surface area contributed by atoms with Crippen molar-refractivity contribution in [2.45, 2.75) is 12.7 Å². The lowest BCUT2D eigenvalue weighted by Gasteiger charge is -2.00. The molecule has 0 amide bonds. The van der Waals surface area contributed by atoms with Crippen molar-refractivity contribution >= 4 is 30.7 Å². The lowest BCUT2D eigenvalue weighted by atomic mass is 10.1. The van der Waals surface area contributed by atoms with Crippen LogP contribution in [0, 0.1) is 6.92 Å². The van der Waals surface area contributed by atoms with E-state index in [1.165, 1.54) is 0 Å². The minimum Gasteiger partial charge on any atom is -0.464 e. The number of benzene rings is 1. The molecular weight excluding hydrogens is 236 g/mol. The molecule has 0 fully saturated rings. The molecule has 0 saturated carbocycles. The van der Waals surface area contributed by atoms with E-state index < -0.39 is 9.05 Å². The van der Waals surface area contributed by atoms with Gasteiger partial charge in [0.1, 0.15) is 5.58 Å². The molecular formula is C10H9ClO3S. The van der Waals surface area contributed by atoms with E-state index in [1.807, 2.05) is 6.92 Å². The van der Waals surface area contributed by atoms with Gasteiger partial charge >= 0.3 is 0 Å². The molecule has 0 spiro atoms. The van der Waals surface area contributed by atoms with Crippen molar-refractivity contribution in [1.82, 2.24) is 0 Å². The number of hydrogen-bond acceptors (Lipinski definition) is 3. The fraction of sp³-hybridized carbons (Fsp3) is 0.200. The topological polar surface area (TPSA) is 47.3 Å². The SMILES string of the molecule is Cc1coc2cccc(CS(=O)(=O)Cl)c12. The van der Waals surface area contributed by atoms with Gasteiger partial charge in [-0.1, -0.05) is 12.1 Å². The molecule has 1 aromatic heterocycles. The van der Waals surface area contributed by atoms with E-state index in [2.05, 4.69) is 0 Å². The molecule has 0 aliphatic rings. The highest BCUT2D eigenvalue weighted by Crippen LogP contribution is 2.26. The van der Waals surface area contributed by atoms with Crippen LogP contribution in [0.2, 0.25) is 0 Å². The largest absolute Gasteiger partial charge is 0.464 e. The minimum atomic E-state index is -3.53. The molecule has 0 aliphatic heterocycles. The van der Waals surface area contributed by atoms with Crippen LogP contribution in [0.15, 0.2) is 28.9 Å². The predicted octanol–water partition coefficient (Wildman–Crippen LogP) is 2.81. The normalized spacial score (nSPS) is 12.1. The van der Waals surface area contributed by atoms with E-state index in [-0.39, 0.29) is 5.75 Å². The van der Waals surface area contributed by atoms with Crippen molar-refractivity contribution < 1.29 is 12.8 Å². The Hall–Kier alpha value is -1.00. The Morgan fingerprint density at radius 3 is 2.80 bits per heavy atom. The first-order chi connectivity index (χ1) is 6.97. The second kappa shape index (κ2) is 3.54. The van der Waals surface area contributed by atoms with Gasteiger partial charge in [0.15, 0.2) is 0 Å². The Bertz CT molecular complexity index is 598. The number of rotatable bonds is 2. The number of aryl methyl sites for hydroxylation is 1. The van der Waals surface area contributed by atoms with Gasteiger partial charge < -0.3 is 4.42 Å². The summed E-state index contributed by atoms with van der Waals surface area (Å²) in [4.78, 5) is 0. The summed E-state index contributed by atoms with van der Waals surface area (Å²) < 4.78 is 27.3. The van der Waals surface area contributed by atoms with E-state index in [0.717, 1.165) is 10.9 Å². The van der Waals surface area contributed by atoms with Crippen molar-refractivity contribution in [3.8, 4) is 0 Å². The van der Waals surface area contributed by atoms with Crippen LogP contribution in [0.1, 0.15) is 11.1 Å². The smallest absolute Gasteiger partial charge is 0.236 e. The maximum Gasteiger partial charge on any atom is 0.236 e. The van der Waals surface area contributed by atoms with Gasteiger partial charge in [-0.2, -0.15) is 0 Å². The summed E-state index contributed by atoms with van der Waals surface area (Å²) in [6.07, 6.45) is 1.61. The van der Waals surface area contributed by atoms with Crippen LogP contribution in [-0.2, 0) is 14.8 Å². The highest BCUT2D eigenvalue weighted by atomic mass is 35.7. The summed E-state index contributed by atoms with van der Waals surface area (Å²) in [6.45, 7) is 1.87. The van der Waals surface area contributed by atoms with Gasteiger partial charge in [0.05, 0.1) is 12.0 Å². The summed E-state index contributed by atoms with van der Waals surface area (Å²) in [6, 6.07) is 5.29. The molecule has 0 unspecified atom stereocenters. The highest BCUT2D eigenvalue weighted by molar-refractivity contribution is 8.13.